The van der Waals surface area contributed by atoms with Crippen molar-refractivity contribution in [3.8, 4) is 0 Å². The maximum absolute atomic E-state index is 11.5. The first-order chi connectivity index (χ1) is 7.82. The van der Waals surface area contributed by atoms with Crippen LogP contribution in [0.25, 0.3) is 0 Å². The fourth-order valence-electron chi connectivity index (χ4n) is 1.54. The first-order valence-electron chi connectivity index (χ1n) is 6.10. The Morgan fingerprint density at radius 1 is 1.29 bits per heavy atom. The summed E-state index contributed by atoms with van der Waals surface area (Å²) in [4.78, 5) is 22.4. The predicted octanol–water partition coefficient (Wildman–Crippen LogP) is 1.12. The van der Waals surface area contributed by atoms with Gasteiger partial charge in [-0.2, -0.15) is 0 Å². The molecule has 0 aliphatic rings. The number of carboxylic acids is 1. The Morgan fingerprint density at radius 2 is 1.88 bits per heavy atom. The van der Waals surface area contributed by atoms with Crippen LogP contribution in [-0.4, -0.2) is 29.1 Å². The molecular weight excluding hydrogens is 220 g/mol. The Kier molecular flexibility index (Phi) is 7.54. The summed E-state index contributed by atoms with van der Waals surface area (Å²) in [6, 6.07) is -0.702. The van der Waals surface area contributed by atoms with Crippen molar-refractivity contribution in [2.75, 3.05) is 0 Å². The number of carbonyl (C=O) groups is 2. The first-order valence-corrected chi connectivity index (χ1v) is 6.10. The number of nitrogens with one attached hydrogen (secondary N) is 1. The normalized spacial score (nSPS) is 14.4. The standard InChI is InChI=1S/C12H24N2O3/c1-8(2)7-10(12(16)17)14-11(15)6-4-5-9(3)13/h8-10H,4-7,13H2,1-3H3,(H,14,15)(H,16,17)/t9?,10-/m1/s1. The molecule has 0 bridgehead atoms. The largest absolute Gasteiger partial charge is 0.480 e. The van der Waals surface area contributed by atoms with Crippen LogP contribution in [0.3, 0.4) is 0 Å². The average molecular weight is 244 g/mol. The second kappa shape index (κ2) is 8.06. The van der Waals surface area contributed by atoms with Gasteiger partial charge in [0, 0.05) is 12.5 Å². The van der Waals surface area contributed by atoms with Crippen LogP contribution in [0.5, 0.6) is 0 Å². The number of carboxylic acid groups (broad SMARTS) is 1. The first kappa shape index (κ1) is 15.9. The summed E-state index contributed by atoms with van der Waals surface area (Å²) in [6.45, 7) is 5.74. The van der Waals surface area contributed by atoms with E-state index in [0.29, 0.717) is 19.3 Å². The van der Waals surface area contributed by atoms with Crippen LogP contribution < -0.4 is 11.1 Å². The van der Waals surface area contributed by atoms with Crippen LogP contribution in [0.15, 0.2) is 0 Å². The van der Waals surface area contributed by atoms with Crippen molar-refractivity contribution < 1.29 is 14.7 Å². The highest BCUT2D eigenvalue weighted by molar-refractivity contribution is 5.83. The van der Waals surface area contributed by atoms with Gasteiger partial charge in [0.2, 0.25) is 5.91 Å². The predicted molar refractivity (Wildman–Crippen MR) is 66.5 cm³/mol. The molecule has 0 saturated heterocycles. The van der Waals surface area contributed by atoms with Crippen LogP contribution in [0.1, 0.15) is 46.5 Å². The van der Waals surface area contributed by atoms with Gasteiger partial charge in [-0.1, -0.05) is 13.8 Å². The summed E-state index contributed by atoms with van der Waals surface area (Å²) < 4.78 is 0. The van der Waals surface area contributed by atoms with Crippen molar-refractivity contribution in [1.29, 1.82) is 0 Å². The maximum Gasteiger partial charge on any atom is 0.326 e. The van der Waals surface area contributed by atoms with Crippen molar-refractivity contribution in [3.63, 3.8) is 0 Å². The van der Waals surface area contributed by atoms with Crippen LogP contribution in [0, 0.1) is 5.92 Å². The topological polar surface area (TPSA) is 92.4 Å². The summed E-state index contributed by atoms with van der Waals surface area (Å²) in [5, 5.41) is 11.5. The van der Waals surface area contributed by atoms with E-state index < -0.39 is 12.0 Å². The highest BCUT2D eigenvalue weighted by Crippen LogP contribution is 2.06. The second-order valence-corrected chi connectivity index (χ2v) is 4.96. The maximum atomic E-state index is 11.5. The van der Waals surface area contributed by atoms with Crippen molar-refractivity contribution in [2.24, 2.45) is 11.7 Å². The molecule has 0 aliphatic heterocycles. The Labute approximate surface area is 103 Å². The van der Waals surface area contributed by atoms with Crippen molar-refractivity contribution in [1.82, 2.24) is 5.32 Å². The molecule has 100 valence electrons. The van der Waals surface area contributed by atoms with Crippen molar-refractivity contribution >= 4 is 11.9 Å². The van der Waals surface area contributed by atoms with E-state index >= 15 is 0 Å². The molecule has 0 aliphatic carbocycles. The molecule has 0 rings (SSSR count). The average Bonchev–Trinajstić information content (AvgIpc) is 2.15. The fraction of sp³-hybridized carbons (Fsp3) is 0.833. The lowest BCUT2D eigenvalue weighted by Crippen LogP contribution is -2.41. The molecule has 0 aromatic carbocycles. The van der Waals surface area contributed by atoms with E-state index in [4.69, 9.17) is 10.8 Å². The third-order valence-electron chi connectivity index (χ3n) is 2.40. The van der Waals surface area contributed by atoms with E-state index in [2.05, 4.69) is 5.32 Å². The third-order valence-corrected chi connectivity index (χ3v) is 2.40. The molecule has 0 aromatic heterocycles. The number of hydrogen-bond acceptors (Lipinski definition) is 3. The zero-order valence-corrected chi connectivity index (χ0v) is 10.9. The Balaban J connectivity index is 4.00. The Hall–Kier alpha value is -1.10. The third kappa shape index (κ3) is 8.68. The van der Waals surface area contributed by atoms with Crippen LogP contribution in [0.4, 0.5) is 0 Å². The smallest absolute Gasteiger partial charge is 0.326 e. The van der Waals surface area contributed by atoms with Gasteiger partial charge in [0.15, 0.2) is 0 Å². The highest BCUT2D eigenvalue weighted by atomic mass is 16.4. The van der Waals surface area contributed by atoms with Gasteiger partial charge in [-0.3, -0.25) is 4.79 Å². The quantitative estimate of drug-likeness (QED) is 0.596. The number of nitrogens with two attached hydrogens (primary N) is 1. The SMILES string of the molecule is CC(C)C[C@@H](NC(=O)CCCC(C)N)C(=O)O. The zero-order chi connectivity index (χ0) is 13.4. The van der Waals surface area contributed by atoms with E-state index in [9.17, 15) is 9.59 Å². The van der Waals surface area contributed by atoms with E-state index in [1.807, 2.05) is 20.8 Å². The molecule has 5 nitrogen and oxygen atoms in total. The van der Waals surface area contributed by atoms with Gasteiger partial charge in [0.05, 0.1) is 0 Å². The molecular formula is C12H24N2O3. The number of rotatable bonds is 8. The van der Waals surface area contributed by atoms with Gasteiger partial charge in [-0.25, -0.2) is 4.79 Å². The van der Waals surface area contributed by atoms with Gasteiger partial charge in [-0.15, -0.1) is 0 Å². The number of carbonyl (C=O) groups excluding carboxylic acids is 1. The second-order valence-electron chi connectivity index (χ2n) is 4.96. The molecule has 0 spiro atoms. The van der Waals surface area contributed by atoms with Crippen LogP contribution in [-0.2, 0) is 9.59 Å². The van der Waals surface area contributed by atoms with Crippen molar-refractivity contribution in [2.45, 2.75) is 58.5 Å². The van der Waals surface area contributed by atoms with E-state index in [1.54, 1.807) is 0 Å². The molecule has 0 fully saturated rings. The minimum atomic E-state index is -0.973. The lowest BCUT2D eigenvalue weighted by atomic mass is 10.0. The molecule has 17 heavy (non-hydrogen) atoms. The monoisotopic (exact) mass is 244 g/mol. The Morgan fingerprint density at radius 3 is 2.29 bits per heavy atom. The number of amides is 1. The van der Waals surface area contributed by atoms with E-state index in [-0.39, 0.29) is 17.9 Å². The molecule has 0 heterocycles. The van der Waals surface area contributed by atoms with Gasteiger partial charge < -0.3 is 16.2 Å². The van der Waals surface area contributed by atoms with Crippen LogP contribution in [0.2, 0.25) is 0 Å². The van der Waals surface area contributed by atoms with Gasteiger partial charge in [0.1, 0.15) is 6.04 Å². The molecule has 5 heteroatoms. The molecule has 1 amide bonds. The number of aliphatic carboxylic acids is 1. The van der Waals surface area contributed by atoms with Crippen molar-refractivity contribution in [3.05, 3.63) is 0 Å². The molecule has 4 N–H and O–H groups in total. The minimum Gasteiger partial charge on any atom is -0.480 e. The van der Waals surface area contributed by atoms with Gasteiger partial charge in [-0.05, 0) is 32.1 Å². The molecule has 1 unspecified atom stereocenters. The summed E-state index contributed by atoms with van der Waals surface area (Å²) in [6.07, 6.45) is 2.25. The lowest BCUT2D eigenvalue weighted by Gasteiger charge is -2.16. The molecule has 0 radical (unpaired) electrons. The van der Waals surface area contributed by atoms with E-state index in [0.717, 1.165) is 6.42 Å². The van der Waals surface area contributed by atoms with E-state index in [1.165, 1.54) is 0 Å². The molecule has 0 aromatic rings. The highest BCUT2D eigenvalue weighted by Gasteiger charge is 2.20. The summed E-state index contributed by atoms with van der Waals surface area (Å²) in [7, 11) is 0. The summed E-state index contributed by atoms with van der Waals surface area (Å²) in [5.41, 5.74) is 5.57. The minimum absolute atomic E-state index is 0.0775. The fourth-order valence-corrected chi connectivity index (χ4v) is 1.54. The molecule has 2 atom stereocenters. The Bertz CT molecular complexity index is 252. The van der Waals surface area contributed by atoms with Gasteiger partial charge in [0.25, 0.3) is 0 Å². The van der Waals surface area contributed by atoms with Crippen LogP contribution >= 0.6 is 0 Å². The summed E-state index contributed by atoms with van der Waals surface area (Å²) in [5.74, 6) is -0.946. The number of hydrogen-bond donors (Lipinski definition) is 3. The van der Waals surface area contributed by atoms with Gasteiger partial charge >= 0.3 is 5.97 Å². The zero-order valence-electron chi connectivity index (χ0n) is 10.9. The molecule has 0 saturated carbocycles. The lowest BCUT2D eigenvalue weighted by molar-refractivity contribution is -0.142. The summed E-state index contributed by atoms with van der Waals surface area (Å²) >= 11 is 0.